The number of carbonyl (C=O) groups excluding carboxylic acids is 1. The van der Waals surface area contributed by atoms with Crippen LogP contribution in [0, 0.1) is 5.92 Å². The lowest BCUT2D eigenvalue weighted by Crippen LogP contribution is -2.46. The molecule has 7 heteroatoms. The fourth-order valence-corrected chi connectivity index (χ4v) is 2.91. The van der Waals surface area contributed by atoms with Gasteiger partial charge in [0.25, 0.3) is 11.8 Å². The molecule has 2 fully saturated rings. The molecule has 22 heavy (non-hydrogen) atoms. The summed E-state index contributed by atoms with van der Waals surface area (Å²) in [4.78, 5) is 22.6. The van der Waals surface area contributed by atoms with Crippen LogP contribution in [0.15, 0.2) is 12.4 Å². The first kappa shape index (κ1) is 15.0. The molecule has 7 nitrogen and oxygen atoms in total. The van der Waals surface area contributed by atoms with Gasteiger partial charge in [-0.05, 0) is 19.3 Å². The summed E-state index contributed by atoms with van der Waals surface area (Å²) in [6.07, 6.45) is 5.68. The molecule has 120 valence electrons. The van der Waals surface area contributed by atoms with Gasteiger partial charge in [-0.25, -0.2) is 9.97 Å². The molecule has 2 unspecified atom stereocenters. The van der Waals surface area contributed by atoms with Crippen molar-refractivity contribution in [2.75, 3.05) is 33.4 Å². The number of piperidine rings is 1. The number of rotatable bonds is 4. The number of ether oxygens (including phenoxy) is 3. The molecule has 3 heterocycles. The molecule has 3 rings (SSSR count). The van der Waals surface area contributed by atoms with Crippen LogP contribution >= 0.6 is 0 Å². The van der Waals surface area contributed by atoms with Crippen LogP contribution in [-0.4, -0.2) is 60.3 Å². The normalized spacial score (nSPS) is 25.0. The highest BCUT2D eigenvalue weighted by Gasteiger charge is 2.32. The maximum absolute atomic E-state index is 12.5. The van der Waals surface area contributed by atoms with Crippen LogP contribution in [0.5, 0.6) is 11.8 Å². The van der Waals surface area contributed by atoms with Crippen molar-refractivity contribution in [1.82, 2.24) is 14.9 Å². The number of aromatic nitrogens is 2. The minimum atomic E-state index is -0.0781. The lowest BCUT2D eigenvalue weighted by atomic mass is 10.0. The Bertz CT molecular complexity index is 519. The van der Waals surface area contributed by atoms with Crippen LogP contribution in [0.2, 0.25) is 0 Å². The van der Waals surface area contributed by atoms with Gasteiger partial charge in [0.2, 0.25) is 5.91 Å². The van der Waals surface area contributed by atoms with Gasteiger partial charge in [-0.1, -0.05) is 0 Å². The van der Waals surface area contributed by atoms with Crippen molar-refractivity contribution in [3.05, 3.63) is 12.4 Å². The SMILES string of the molecule is COc1nccnc1OC1CCCN(C(=O)C2CCOC2)C1. The summed E-state index contributed by atoms with van der Waals surface area (Å²) in [6, 6.07) is 0. The second-order valence-electron chi connectivity index (χ2n) is 5.60. The van der Waals surface area contributed by atoms with Gasteiger partial charge in [-0.15, -0.1) is 0 Å². The Labute approximate surface area is 129 Å². The third-order valence-corrected chi connectivity index (χ3v) is 4.07. The minimum Gasteiger partial charge on any atom is -0.477 e. The fourth-order valence-electron chi connectivity index (χ4n) is 2.91. The highest BCUT2D eigenvalue weighted by Crippen LogP contribution is 2.25. The van der Waals surface area contributed by atoms with E-state index in [4.69, 9.17) is 14.2 Å². The molecule has 2 atom stereocenters. The lowest BCUT2D eigenvalue weighted by molar-refractivity contribution is -0.138. The molecule has 0 bridgehead atoms. The van der Waals surface area contributed by atoms with Crippen LogP contribution < -0.4 is 9.47 Å². The van der Waals surface area contributed by atoms with E-state index in [0.717, 1.165) is 25.8 Å². The van der Waals surface area contributed by atoms with E-state index in [1.807, 2.05) is 4.90 Å². The van der Waals surface area contributed by atoms with E-state index in [2.05, 4.69) is 9.97 Å². The quantitative estimate of drug-likeness (QED) is 0.822. The second-order valence-corrected chi connectivity index (χ2v) is 5.60. The molecule has 0 spiro atoms. The third-order valence-electron chi connectivity index (χ3n) is 4.07. The standard InChI is InChI=1S/C15H21N3O4/c1-20-13-14(17-6-5-16-13)22-12-3-2-7-18(9-12)15(19)11-4-8-21-10-11/h5-6,11-12H,2-4,7-10H2,1H3. The topological polar surface area (TPSA) is 73.8 Å². The van der Waals surface area contributed by atoms with E-state index >= 15 is 0 Å². The molecular formula is C15H21N3O4. The summed E-state index contributed by atoms with van der Waals surface area (Å²) in [6.45, 7) is 2.58. The Morgan fingerprint density at radius 1 is 1.32 bits per heavy atom. The summed E-state index contributed by atoms with van der Waals surface area (Å²) < 4.78 is 16.4. The van der Waals surface area contributed by atoms with Crippen LogP contribution in [0.25, 0.3) is 0 Å². The molecular weight excluding hydrogens is 286 g/mol. The summed E-state index contributed by atoms with van der Waals surface area (Å²) in [7, 11) is 1.54. The van der Waals surface area contributed by atoms with E-state index in [0.29, 0.717) is 31.5 Å². The van der Waals surface area contributed by atoms with Crippen LogP contribution in [-0.2, 0) is 9.53 Å². The van der Waals surface area contributed by atoms with Crippen molar-refractivity contribution < 1.29 is 19.0 Å². The van der Waals surface area contributed by atoms with Crippen molar-refractivity contribution in [2.45, 2.75) is 25.4 Å². The summed E-state index contributed by atoms with van der Waals surface area (Å²) in [5, 5.41) is 0. The first-order chi connectivity index (χ1) is 10.8. The maximum Gasteiger partial charge on any atom is 0.278 e. The Morgan fingerprint density at radius 2 is 2.14 bits per heavy atom. The maximum atomic E-state index is 12.5. The van der Waals surface area contributed by atoms with E-state index in [9.17, 15) is 4.79 Å². The molecule has 2 aliphatic rings. The Kier molecular flexibility index (Phi) is 4.72. The first-order valence-electron chi connectivity index (χ1n) is 7.66. The number of likely N-dealkylation sites (tertiary alicyclic amines) is 1. The number of hydrogen-bond donors (Lipinski definition) is 0. The molecule has 0 aliphatic carbocycles. The van der Waals surface area contributed by atoms with Crippen molar-refractivity contribution in [1.29, 1.82) is 0 Å². The Balaban J connectivity index is 1.61. The predicted molar refractivity (Wildman–Crippen MR) is 77.7 cm³/mol. The summed E-state index contributed by atoms with van der Waals surface area (Å²) in [5.41, 5.74) is 0. The monoisotopic (exact) mass is 307 g/mol. The zero-order valence-electron chi connectivity index (χ0n) is 12.7. The highest BCUT2D eigenvalue weighted by atomic mass is 16.5. The molecule has 0 aromatic carbocycles. The van der Waals surface area contributed by atoms with Gasteiger partial charge >= 0.3 is 0 Å². The molecule has 0 radical (unpaired) electrons. The number of nitrogens with zero attached hydrogens (tertiary/aromatic N) is 3. The Hall–Kier alpha value is -1.89. The fraction of sp³-hybridized carbons (Fsp3) is 0.667. The predicted octanol–water partition coefficient (Wildman–Crippen LogP) is 0.891. The molecule has 1 aromatic rings. The van der Waals surface area contributed by atoms with Gasteiger partial charge in [0.1, 0.15) is 6.10 Å². The molecule has 2 saturated heterocycles. The van der Waals surface area contributed by atoms with Gasteiger partial charge in [0.15, 0.2) is 0 Å². The average Bonchev–Trinajstić information content (AvgIpc) is 3.09. The van der Waals surface area contributed by atoms with Gasteiger partial charge < -0.3 is 19.1 Å². The molecule has 0 N–H and O–H groups in total. The zero-order chi connectivity index (χ0) is 15.4. The lowest BCUT2D eigenvalue weighted by Gasteiger charge is -2.34. The zero-order valence-corrected chi connectivity index (χ0v) is 12.7. The largest absolute Gasteiger partial charge is 0.477 e. The average molecular weight is 307 g/mol. The number of amides is 1. The van der Waals surface area contributed by atoms with Gasteiger partial charge in [0, 0.05) is 25.5 Å². The second kappa shape index (κ2) is 6.91. The number of hydrogen-bond acceptors (Lipinski definition) is 6. The van der Waals surface area contributed by atoms with Gasteiger partial charge in [0.05, 0.1) is 26.2 Å². The van der Waals surface area contributed by atoms with Crippen molar-refractivity contribution >= 4 is 5.91 Å². The number of methoxy groups -OCH3 is 1. The van der Waals surface area contributed by atoms with Crippen LogP contribution in [0.1, 0.15) is 19.3 Å². The van der Waals surface area contributed by atoms with Crippen LogP contribution in [0.4, 0.5) is 0 Å². The van der Waals surface area contributed by atoms with E-state index in [1.165, 1.54) is 7.11 Å². The van der Waals surface area contributed by atoms with E-state index < -0.39 is 0 Å². The first-order valence-corrected chi connectivity index (χ1v) is 7.66. The molecule has 2 aliphatic heterocycles. The summed E-state index contributed by atoms with van der Waals surface area (Å²) >= 11 is 0. The molecule has 0 saturated carbocycles. The molecule has 1 aromatic heterocycles. The number of carbonyl (C=O) groups is 1. The summed E-state index contributed by atoms with van der Waals surface area (Å²) in [5.74, 6) is 0.936. The van der Waals surface area contributed by atoms with Crippen LogP contribution in [0.3, 0.4) is 0 Å². The molecule has 1 amide bonds. The van der Waals surface area contributed by atoms with Crippen molar-refractivity contribution in [3.63, 3.8) is 0 Å². The van der Waals surface area contributed by atoms with Crippen molar-refractivity contribution in [2.24, 2.45) is 5.92 Å². The van der Waals surface area contributed by atoms with E-state index in [-0.39, 0.29) is 17.9 Å². The highest BCUT2D eigenvalue weighted by molar-refractivity contribution is 5.79. The minimum absolute atomic E-state index is 0.00445. The van der Waals surface area contributed by atoms with Gasteiger partial charge in [-0.3, -0.25) is 4.79 Å². The smallest absolute Gasteiger partial charge is 0.278 e. The van der Waals surface area contributed by atoms with Gasteiger partial charge in [-0.2, -0.15) is 0 Å². The van der Waals surface area contributed by atoms with Crippen molar-refractivity contribution in [3.8, 4) is 11.8 Å². The Morgan fingerprint density at radius 3 is 2.86 bits per heavy atom. The van der Waals surface area contributed by atoms with E-state index in [1.54, 1.807) is 12.4 Å². The third kappa shape index (κ3) is 3.30.